The smallest absolute Gasteiger partial charge is 0.387 e. The SMILES string of the molecule is COc1ccc(-c2nnc(N)n3cncc23)c(OC(F)F)c1. The number of halogens is 2. The number of aromatic nitrogens is 4. The molecular weight excluding hydrogens is 296 g/mol. The largest absolute Gasteiger partial charge is 0.497 e. The molecule has 9 heteroatoms. The second kappa shape index (κ2) is 5.43. The van der Waals surface area contributed by atoms with Crippen molar-refractivity contribution in [3.63, 3.8) is 0 Å². The highest BCUT2D eigenvalue weighted by Gasteiger charge is 2.17. The van der Waals surface area contributed by atoms with Gasteiger partial charge in [-0.2, -0.15) is 8.78 Å². The molecule has 1 aromatic carbocycles. The number of nitrogens with zero attached hydrogens (tertiary/aromatic N) is 4. The van der Waals surface area contributed by atoms with Crippen molar-refractivity contribution < 1.29 is 18.3 Å². The maximum Gasteiger partial charge on any atom is 0.387 e. The van der Waals surface area contributed by atoms with Gasteiger partial charge in [0.05, 0.1) is 18.8 Å². The van der Waals surface area contributed by atoms with Crippen LogP contribution in [0.2, 0.25) is 0 Å². The second-order valence-corrected chi connectivity index (χ2v) is 4.30. The van der Waals surface area contributed by atoms with Crippen LogP contribution < -0.4 is 15.2 Å². The average molecular weight is 307 g/mol. The number of imidazole rings is 1. The topological polar surface area (TPSA) is 87.6 Å². The normalized spacial score (nSPS) is 11.1. The van der Waals surface area contributed by atoms with E-state index in [0.717, 1.165) is 0 Å². The molecule has 114 valence electrons. The molecule has 0 aliphatic heterocycles. The third-order valence-electron chi connectivity index (χ3n) is 3.04. The molecule has 3 aromatic rings. The van der Waals surface area contributed by atoms with E-state index in [4.69, 9.17) is 10.5 Å². The number of anilines is 1. The molecular formula is C13H11F2N5O2. The van der Waals surface area contributed by atoms with Crippen LogP contribution in [0.4, 0.5) is 14.7 Å². The Morgan fingerprint density at radius 3 is 2.82 bits per heavy atom. The number of nitrogen functional groups attached to an aromatic ring is 1. The van der Waals surface area contributed by atoms with Gasteiger partial charge >= 0.3 is 6.61 Å². The Bertz CT molecular complexity index is 821. The van der Waals surface area contributed by atoms with E-state index in [1.165, 1.54) is 30.1 Å². The molecule has 0 amide bonds. The zero-order chi connectivity index (χ0) is 15.7. The number of hydrogen-bond acceptors (Lipinski definition) is 6. The molecule has 0 saturated heterocycles. The molecule has 3 rings (SSSR count). The summed E-state index contributed by atoms with van der Waals surface area (Å²) in [5, 5.41) is 7.77. The molecule has 0 unspecified atom stereocenters. The summed E-state index contributed by atoms with van der Waals surface area (Å²) in [6, 6.07) is 4.52. The van der Waals surface area contributed by atoms with Gasteiger partial charge in [-0.3, -0.25) is 4.40 Å². The van der Waals surface area contributed by atoms with E-state index in [-0.39, 0.29) is 11.7 Å². The van der Waals surface area contributed by atoms with Crippen molar-refractivity contribution in [2.45, 2.75) is 6.61 Å². The van der Waals surface area contributed by atoms with Crippen LogP contribution in [0.5, 0.6) is 11.5 Å². The molecule has 0 bridgehead atoms. The van der Waals surface area contributed by atoms with Gasteiger partial charge in [0, 0.05) is 11.6 Å². The fraction of sp³-hybridized carbons (Fsp3) is 0.154. The van der Waals surface area contributed by atoms with Crippen LogP contribution in [0.1, 0.15) is 0 Å². The minimum absolute atomic E-state index is 0.0727. The molecule has 0 fully saturated rings. The molecule has 0 radical (unpaired) electrons. The summed E-state index contributed by atoms with van der Waals surface area (Å²) >= 11 is 0. The third kappa shape index (κ3) is 2.36. The van der Waals surface area contributed by atoms with Crippen LogP contribution >= 0.6 is 0 Å². The summed E-state index contributed by atoms with van der Waals surface area (Å²) in [5.41, 5.74) is 6.87. The summed E-state index contributed by atoms with van der Waals surface area (Å²) < 4.78 is 36.3. The van der Waals surface area contributed by atoms with E-state index < -0.39 is 6.61 Å². The Balaban J connectivity index is 2.21. The van der Waals surface area contributed by atoms with Crippen molar-refractivity contribution in [2.24, 2.45) is 0 Å². The van der Waals surface area contributed by atoms with Gasteiger partial charge in [-0.25, -0.2) is 4.98 Å². The average Bonchev–Trinajstić information content (AvgIpc) is 2.98. The summed E-state index contributed by atoms with van der Waals surface area (Å²) in [5.74, 6) is 0.449. The summed E-state index contributed by atoms with van der Waals surface area (Å²) in [4.78, 5) is 3.96. The number of alkyl halides is 2. The van der Waals surface area contributed by atoms with Gasteiger partial charge in [-0.1, -0.05) is 0 Å². The summed E-state index contributed by atoms with van der Waals surface area (Å²) in [7, 11) is 1.43. The summed E-state index contributed by atoms with van der Waals surface area (Å²) in [6.07, 6.45) is 2.97. The molecule has 2 heterocycles. The Kier molecular flexibility index (Phi) is 3.45. The molecule has 0 saturated carbocycles. The molecule has 0 aliphatic carbocycles. The van der Waals surface area contributed by atoms with Gasteiger partial charge in [-0.15, -0.1) is 10.2 Å². The van der Waals surface area contributed by atoms with E-state index in [1.54, 1.807) is 12.1 Å². The first kappa shape index (κ1) is 14.0. The lowest BCUT2D eigenvalue weighted by atomic mass is 10.1. The van der Waals surface area contributed by atoms with Crippen LogP contribution in [0, 0.1) is 0 Å². The number of hydrogen-bond donors (Lipinski definition) is 1. The van der Waals surface area contributed by atoms with Crippen molar-refractivity contribution >= 4 is 11.5 Å². The summed E-state index contributed by atoms with van der Waals surface area (Å²) in [6.45, 7) is -2.98. The molecule has 0 aliphatic rings. The predicted octanol–water partition coefficient (Wildman–Crippen LogP) is 1.98. The number of ether oxygens (including phenoxy) is 2. The molecule has 7 nitrogen and oxygen atoms in total. The second-order valence-electron chi connectivity index (χ2n) is 4.30. The fourth-order valence-corrected chi connectivity index (χ4v) is 2.06. The van der Waals surface area contributed by atoms with Gasteiger partial charge < -0.3 is 15.2 Å². The highest BCUT2D eigenvalue weighted by Crippen LogP contribution is 2.35. The lowest BCUT2D eigenvalue weighted by molar-refractivity contribution is -0.0495. The predicted molar refractivity (Wildman–Crippen MR) is 73.8 cm³/mol. The Labute approximate surface area is 123 Å². The lowest BCUT2D eigenvalue weighted by Gasteiger charge is -2.12. The van der Waals surface area contributed by atoms with Crippen molar-refractivity contribution in [2.75, 3.05) is 12.8 Å². The van der Waals surface area contributed by atoms with Crippen molar-refractivity contribution in [1.29, 1.82) is 0 Å². The van der Waals surface area contributed by atoms with Gasteiger partial charge in [0.2, 0.25) is 5.95 Å². The number of fused-ring (bicyclic) bond motifs is 1. The Morgan fingerprint density at radius 2 is 2.09 bits per heavy atom. The van der Waals surface area contributed by atoms with Gasteiger partial charge in [0.25, 0.3) is 0 Å². The Hall–Kier alpha value is -2.97. The number of nitrogens with two attached hydrogens (primary N) is 1. The zero-order valence-electron chi connectivity index (χ0n) is 11.4. The molecule has 0 atom stereocenters. The highest BCUT2D eigenvalue weighted by atomic mass is 19.3. The number of benzene rings is 1. The van der Waals surface area contributed by atoms with Crippen LogP contribution in [0.3, 0.4) is 0 Å². The standard InChI is InChI=1S/C13H11F2N5O2/c1-21-7-2-3-8(10(4-7)22-12(14)15)11-9-5-17-6-20(9)13(16)19-18-11/h2-6,12H,1H3,(H2,16,19). The van der Waals surface area contributed by atoms with Crippen LogP contribution in [0.25, 0.3) is 16.8 Å². The number of rotatable bonds is 4. The number of methoxy groups -OCH3 is 1. The fourth-order valence-electron chi connectivity index (χ4n) is 2.06. The molecule has 2 N–H and O–H groups in total. The highest BCUT2D eigenvalue weighted by molar-refractivity contribution is 5.81. The van der Waals surface area contributed by atoms with E-state index >= 15 is 0 Å². The molecule has 0 spiro atoms. The van der Waals surface area contributed by atoms with Gasteiger partial charge in [0.1, 0.15) is 23.5 Å². The quantitative estimate of drug-likeness (QED) is 0.793. The maximum atomic E-state index is 12.6. The van der Waals surface area contributed by atoms with E-state index in [9.17, 15) is 8.78 Å². The first-order valence-corrected chi connectivity index (χ1v) is 6.17. The first-order chi connectivity index (χ1) is 10.6. The van der Waals surface area contributed by atoms with Crippen molar-refractivity contribution in [1.82, 2.24) is 19.6 Å². The Morgan fingerprint density at radius 1 is 1.27 bits per heavy atom. The molecule has 2 aromatic heterocycles. The van der Waals surface area contributed by atoms with E-state index in [2.05, 4.69) is 19.9 Å². The van der Waals surface area contributed by atoms with Crippen LogP contribution in [-0.2, 0) is 0 Å². The van der Waals surface area contributed by atoms with Gasteiger partial charge in [0.15, 0.2) is 0 Å². The van der Waals surface area contributed by atoms with E-state index in [0.29, 0.717) is 22.5 Å². The van der Waals surface area contributed by atoms with E-state index in [1.807, 2.05) is 0 Å². The van der Waals surface area contributed by atoms with Crippen LogP contribution in [0.15, 0.2) is 30.7 Å². The third-order valence-corrected chi connectivity index (χ3v) is 3.04. The van der Waals surface area contributed by atoms with Crippen LogP contribution in [-0.4, -0.2) is 33.3 Å². The van der Waals surface area contributed by atoms with Crippen molar-refractivity contribution in [3.05, 3.63) is 30.7 Å². The monoisotopic (exact) mass is 307 g/mol. The lowest BCUT2D eigenvalue weighted by Crippen LogP contribution is -2.06. The maximum absolute atomic E-state index is 12.6. The van der Waals surface area contributed by atoms with Gasteiger partial charge in [-0.05, 0) is 12.1 Å². The first-order valence-electron chi connectivity index (χ1n) is 6.17. The minimum Gasteiger partial charge on any atom is -0.497 e. The van der Waals surface area contributed by atoms with Crippen molar-refractivity contribution in [3.8, 4) is 22.8 Å². The minimum atomic E-state index is -2.98. The molecule has 22 heavy (non-hydrogen) atoms. The zero-order valence-corrected chi connectivity index (χ0v) is 11.4.